The summed E-state index contributed by atoms with van der Waals surface area (Å²) in [4.78, 5) is 54.9. The van der Waals surface area contributed by atoms with Crippen LogP contribution in [0.4, 0.5) is 5.82 Å². The van der Waals surface area contributed by atoms with Gasteiger partial charge in [0, 0.05) is 47.8 Å². The molecule has 4 amide bonds. The fraction of sp³-hybridized carbons (Fsp3) is 0.419. The van der Waals surface area contributed by atoms with Crippen molar-refractivity contribution in [3.8, 4) is 22.8 Å². The second kappa shape index (κ2) is 18.1. The van der Waals surface area contributed by atoms with Gasteiger partial charge in [-0.2, -0.15) is 5.10 Å². The highest BCUT2D eigenvalue weighted by Crippen LogP contribution is 2.40. The predicted molar refractivity (Wildman–Crippen MR) is 219 cm³/mol. The minimum atomic E-state index is -0.623. The van der Waals surface area contributed by atoms with Crippen molar-refractivity contribution in [2.24, 2.45) is 11.7 Å². The Kier molecular flexibility index (Phi) is 12.4. The number of nitrogens with zero attached hydrogens (tertiary/aromatic N) is 4. The third-order valence-corrected chi connectivity index (χ3v) is 12.5. The lowest BCUT2D eigenvalue weighted by atomic mass is 9.87. The summed E-state index contributed by atoms with van der Waals surface area (Å²) in [6.45, 7) is 6.12. The molecule has 14 nitrogen and oxygen atoms in total. The quantitative estimate of drug-likeness (QED) is 0.0783. The van der Waals surface area contributed by atoms with E-state index in [4.69, 9.17) is 25.0 Å². The van der Waals surface area contributed by atoms with Crippen LogP contribution >= 0.6 is 11.8 Å². The Balaban J connectivity index is 0.747. The number of amides is 4. The molecular weight excluding hydrogens is 759 g/mol. The number of hydrogen-bond donors (Lipinski definition) is 3. The van der Waals surface area contributed by atoms with Gasteiger partial charge in [0.15, 0.2) is 0 Å². The molecule has 2 fully saturated rings. The van der Waals surface area contributed by atoms with Crippen LogP contribution in [0.15, 0.2) is 77.7 Å². The van der Waals surface area contributed by atoms with Crippen LogP contribution in [0, 0.1) is 5.92 Å². The summed E-state index contributed by atoms with van der Waals surface area (Å²) >= 11 is 1.63. The van der Waals surface area contributed by atoms with E-state index in [-0.39, 0.29) is 24.3 Å². The number of carbonyl (C=O) groups is 4. The molecule has 2 saturated heterocycles. The maximum atomic E-state index is 13.1. The van der Waals surface area contributed by atoms with Crippen LogP contribution in [-0.2, 0) is 25.6 Å². The molecule has 8 rings (SSSR count). The Bertz CT molecular complexity index is 2120. The van der Waals surface area contributed by atoms with Crippen LogP contribution in [-0.4, -0.2) is 108 Å². The second-order valence-corrected chi connectivity index (χ2v) is 16.2. The molecule has 58 heavy (non-hydrogen) atoms. The standard InChI is InChI=1S/C43H49N7O7S/c44-40(52)38-39(29-9-11-31(12-10-29)57-30-5-2-1-3-6-30)47-50-34(15-18-45-41(38)50)28-16-19-48(20-17-28)21-22-55-23-24-56-25-26-58-36-8-4-7-32-33(36)27-49(43(32)54)35-13-14-37(51)46-42(35)53/h1-12,28,34-35,45H,13-27H2,(H2,44,52)(H,46,51,53). The average Bonchev–Trinajstić information content (AvgIpc) is 3.80. The summed E-state index contributed by atoms with van der Waals surface area (Å²) in [6.07, 6.45) is 3.58. The molecule has 15 heteroatoms. The fourth-order valence-corrected chi connectivity index (χ4v) is 9.41. The SMILES string of the molecule is NC(=O)c1c(-c2ccc(Oc3ccccc3)cc2)nn2c1NCCC2C1CCN(CCOCCOCCSc2cccc3c2CN(C2CCC(=O)NC2=O)C3=O)CC1. The summed E-state index contributed by atoms with van der Waals surface area (Å²) in [5.41, 5.74) is 9.32. The number of carbonyl (C=O) groups excluding carboxylic acids is 4. The first kappa shape index (κ1) is 39.6. The number of thioether (sulfide) groups is 1. The zero-order chi connectivity index (χ0) is 40.0. The van der Waals surface area contributed by atoms with E-state index in [1.165, 1.54) is 0 Å². The van der Waals surface area contributed by atoms with Gasteiger partial charge in [0.05, 0.1) is 32.5 Å². The molecular formula is C43H49N7O7S. The van der Waals surface area contributed by atoms with Gasteiger partial charge in [-0.1, -0.05) is 24.3 Å². The third kappa shape index (κ3) is 8.77. The van der Waals surface area contributed by atoms with Crippen LogP contribution < -0.4 is 21.1 Å². The zero-order valence-corrected chi connectivity index (χ0v) is 33.2. The van der Waals surface area contributed by atoms with E-state index in [9.17, 15) is 19.2 Å². The number of imide groups is 1. The molecule has 0 aliphatic carbocycles. The molecule has 5 heterocycles. The first-order valence-corrected chi connectivity index (χ1v) is 21.1. The molecule has 4 aliphatic rings. The molecule has 4 aliphatic heterocycles. The number of likely N-dealkylation sites (tertiary alicyclic amines) is 1. The number of rotatable bonds is 16. The summed E-state index contributed by atoms with van der Waals surface area (Å²) in [5, 5.41) is 10.8. The number of piperidine rings is 2. The van der Waals surface area contributed by atoms with Crippen LogP contribution in [0.2, 0.25) is 0 Å². The molecule has 0 radical (unpaired) electrons. The number of anilines is 1. The number of ether oxygens (including phenoxy) is 3. The number of hydrogen-bond acceptors (Lipinski definition) is 11. The van der Waals surface area contributed by atoms with E-state index in [2.05, 4.69) is 15.5 Å². The number of nitrogens with one attached hydrogen (secondary N) is 2. The minimum absolute atomic E-state index is 0.164. The Labute approximate surface area is 341 Å². The number of para-hydroxylation sites is 1. The molecule has 0 bridgehead atoms. The monoisotopic (exact) mass is 807 g/mol. The van der Waals surface area contributed by atoms with Crippen LogP contribution in [0.1, 0.15) is 64.4 Å². The van der Waals surface area contributed by atoms with Gasteiger partial charge in [-0.25, -0.2) is 4.68 Å². The van der Waals surface area contributed by atoms with E-state index >= 15 is 0 Å². The molecule has 3 aromatic carbocycles. The van der Waals surface area contributed by atoms with Crippen molar-refractivity contribution >= 4 is 41.2 Å². The van der Waals surface area contributed by atoms with Crippen molar-refractivity contribution in [1.82, 2.24) is 24.9 Å². The van der Waals surface area contributed by atoms with Crippen LogP contribution in [0.25, 0.3) is 11.3 Å². The highest BCUT2D eigenvalue weighted by molar-refractivity contribution is 7.99. The Morgan fingerprint density at radius 2 is 1.62 bits per heavy atom. The van der Waals surface area contributed by atoms with Gasteiger partial charge in [0.25, 0.3) is 11.8 Å². The smallest absolute Gasteiger partial charge is 0.255 e. The lowest BCUT2D eigenvalue weighted by molar-refractivity contribution is -0.136. The van der Waals surface area contributed by atoms with Crippen molar-refractivity contribution in [3.63, 3.8) is 0 Å². The molecule has 4 aromatic rings. The van der Waals surface area contributed by atoms with Crippen molar-refractivity contribution < 1.29 is 33.4 Å². The summed E-state index contributed by atoms with van der Waals surface area (Å²) in [7, 11) is 0. The number of benzene rings is 3. The maximum absolute atomic E-state index is 13.1. The van der Waals surface area contributed by atoms with Gasteiger partial charge in [0.1, 0.15) is 34.6 Å². The van der Waals surface area contributed by atoms with E-state index < -0.39 is 17.9 Å². The van der Waals surface area contributed by atoms with E-state index in [1.807, 2.05) is 71.4 Å². The first-order valence-electron chi connectivity index (χ1n) is 20.1. The van der Waals surface area contributed by atoms with Crippen molar-refractivity contribution in [3.05, 3.63) is 89.5 Å². The van der Waals surface area contributed by atoms with Gasteiger partial charge in [-0.3, -0.25) is 24.5 Å². The molecule has 4 N–H and O–H groups in total. The Hall–Kier alpha value is -5.22. The van der Waals surface area contributed by atoms with E-state index in [1.54, 1.807) is 22.7 Å². The topological polar surface area (TPSA) is 170 Å². The molecule has 2 atom stereocenters. The maximum Gasteiger partial charge on any atom is 0.255 e. The van der Waals surface area contributed by atoms with E-state index in [0.29, 0.717) is 73.7 Å². The molecule has 2 unspecified atom stereocenters. The molecule has 0 spiro atoms. The number of aromatic nitrogens is 2. The summed E-state index contributed by atoms with van der Waals surface area (Å²) < 4.78 is 19.7. The zero-order valence-electron chi connectivity index (χ0n) is 32.4. The average molecular weight is 808 g/mol. The van der Waals surface area contributed by atoms with Crippen molar-refractivity contribution in [2.75, 3.05) is 63.7 Å². The number of primary amides is 1. The van der Waals surface area contributed by atoms with E-state index in [0.717, 1.165) is 73.0 Å². The van der Waals surface area contributed by atoms with Crippen LogP contribution in [0.5, 0.6) is 11.5 Å². The first-order chi connectivity index (χ1) is 28.3. The highest BCUT2D eigenvalue weighted by atomic mass is 32.2. The Morgan fingerprint density at radius 1 is 0.862 bits per heavy atom. The number of fused-ring (bicyclic) bond motifs is 2. The number of nitrogens with two attached hydrogens (primary N) is 1. The second-order valence-electron chi connectivity index (χ2n) is 15.0. The highest BCUT2D eigenvalue weighted by Gasteiger charge is 2.40. The summed E-state index contributed by atoms with van der Waals surface area (Å²) in [5.74, 6) is 1.95. The van der Waals surface area contributed by atoms with Crippen molar-refractivity contribution in [2.45, 2.75) is 55.6 Å². The van der Waals surface area contributed by atoms with Crippen LogP contribution in [0.3, 0.4) is 0 Å². The lowest BCUT2D eigenvalue weighted by Crippen LogP contribution is -2.52. The van der Waals surface area contributed by atoms with Gasteiger partial charge in [-0.05, 0) is 98.8 Å². The van der Waals surface area contributed by atoms with Gasteiger partial charge >= 0.3 is 0 Å². The van der Waals surface area contributed by atoms with Crippen molar-refractivity contribution in [1.29, 1.82) is 0 Å². The molecule has 0 saturated carbocycles. The lowest BCUT2D eigenvalue weighted by Gasteiger charge is -2.38. The molecule has 304 valence electrons. The van der Waals surface area contributed by atoms with Gasteiger partial charge in [-0.15, -0.1) is 11.8 Å². The largest absolute Gasteiger partial charge is 0.457 e. The van der Waals surface area contributed by atoms with Gasteiger partial charge < -0.3 is 35.1 Å². The minimum Gasteiger partial charge on any atom is -0.457 e. The third-order valence-electron chi connectivity index (χ3n) is 11.4. The van der Waals surface area contributed by atoms with Gasteiger partial charge in [0.2, 0.25) is 11.8 Å². The Morgan fingerprint density at radius 3 is 2.38 bits per heavy atom. The molecule has 1 aromatic heterocycles. The summed E-state index contributed by atoms with van der Waals surface area (Å²) in [6, 6.07) is 22.4. The fourth-order valence-electron chi connectivity index (χ4n) is 8.46. The normalized spacial score (nSPS) is 19.7. The predicted octanol–water partition coefficient (Wildman–Crippen LogP) is 5.10.